The van der Waals surface area contributed by atoms with Gasteiger partial charge in [-0.1, -0.05) is 43.2 Å². The van der Waals surface area contributed by atoms with Crippen molar-refractivity contribution in [1.29, 1.82) is 0 Å². The van der Waals surface area contributed by atoms with E-state index >= 15 is 0 Å². The number of halogens is 1. The number of aromatic nitrogens is 1. The van der Waals surface area contributed by atoms with Crippen molar-refractivity contribution in [3.63, 3.8) is 0 Å². The zero-order valence-corrected chi connectivity index (χ0v) is 22.9. The van der Waals surface area contributed by atoms with Crippen LogP contribution in [0.5, 0.6) is 0 Å². The third kappa shape index (κ3) is 8.12. The molecule has 3 heterocycles. The maximum absolute atomic E-state index is 4.98. The fourth-order valence-corrected chi connectivity index (χ4v) is 4.87. The Hall–Kier alpha value is -1.87. The van der Waals surface area contributed by atoms with Crippen LogP contribution >= 0.6 is 24.0 Å². The summed E-state index contributed by atoms with van der Waals surface area (Å²) in [6.45, 7) is 9.24. The standard InChI is InChI=1S/C27H40N6.HI/c1-2-28-27(31-25-14-19-33(20-15-25)26-13-7-8-16-29-26)30-21-23-11-5-6-12-24(23)22-32-17-9-3-4-10-18-32;/h5-8,11-13,16,25H,2-4,9-10,14-15,17-22H2,1H3,(H2,28,30,31);1H. The number of guanidine groups is 1. The lowest BCUT2D eigenvalue weighted by Crippen LogP contribution is -2.48. The summed E-state index contributed by atoms with van der Waals surface area (Å²) in [5.74, 6) is 2.01. The minimum atomic E-state index is 0. The molecule has 2 aliphatic heterocycles. The number of benzene rings is 1. The van der Waals surface area contributed by atoms with Crippen molar-refractivity contribution < 1.29 is 0 Å². The lowest BCUT2D eigenvalue weighted by molar-refractivity contribution is 0.276. The van der Waals surface area contributed by atoms with Crippen molar-refractivity contribution in [2.24, 2.45) is 4.99 Å². The van der Waals surface area contributed by atoms with Gasteiger partial charge in [0.2, 0.25) is 0 Å². The second-order valence-electron chi connectivity index (χ2n) is 9.25. The third-order valence-electron chi connectivity index (χ3n) is 6.77. The average molecular weight is 577 g/mol. The van der Waals surface area contributed by atoms with Crippen LogP contribution in [0.25, 0.3) is 0 Å². The van der Waals surface area contributed by atoms with E-state index in [1.807, 2.05) is 12.3 Å². The minimum absolute atomic E-state index is 0. The van der Waals surface area contributed by atoms with E-state index in [1.165, 1.54) is 49.9 Å². The summed E-state index contributed by atoms with van der Waals surface area (Å²) in [6, 6.07) is 15.4. The van der Waals surface area contributed by atoms with Gasteiger partial charge < -0.3 is 15.5 Å². The molecule has 7 heteroatoms. The smallest absolute Gasteiger partial charge is 0.191 e. The van der Waals surface area contributed by atoms with Crippen LogP contribution in [-0.2, 0) is 13.1 Å². The molecule has 0 unspecified atom stereocenters. The number of nitrogens with one attached hydrogen (secondary N) is 2. The summed E-state index contributed by atoms with van der Waals surface area (Å²) in [5.41, 5.74) is 2.76. The van der Waals surface area contributed by atoms with E-state index in [-0.39, 0.29) is 24.0 Å². The summed E-state index contributed by atoms with van der Waals surface area (Å²) < 4.78 is 0. The zero-order chi connectivity index (χ0) is 22.7. The van der Waals surface area contributed by atoms with Crippen LogP contribution in [-0.4, -0.2) is 54.6 Å². The first-order chi connectivity index (χ1) is 16.3. The van der Waals surface area contributed by atoms with Gasteiger partial charge in [0.05, 0.1) is 6.54 Å². The van der Waals surface area contributed by atoms with E-state index in [1.54, 1.807) is 0 Å². The molecule has 2 aliphatic rings. The van der Waals surface area contributed by atoms with Crippen molar-refractivity contribution >= 4 is 35.8 Å². The Morgan fingerprint density at radius 3 is 2.32 bits per heavy atom. The lowest BCUT2D eigenvalue weighted by Gasteiger charge is -2.33. The van der Waals surface area contributed by atoms with Gasteiger partial charge in [0.1, 0.15) is 5.82 Å². The van der Waals surface area contributed by atoms with Gasteiger partial charge in [-0.05, 0) is 69.0 Å². The molecule has 2 fully saturated rings. The van der Waals surface area contributed by atoms with Crippen LogP contribution in [0, 0.1) is 0 Å². The van der Waals surface area contributed by atoms with E-state index in [9.17, 15) is 0 Å². The van der Waals surface area contributed by atoms with Gasteiger partial charge in [-0.25, -0.2) is 9.98 Å². The lowest BCUT2D eigenvalue weighted by atomic mass is 10.1. The molecule has 0 bridgehead atoms. The molecular weight excluding hydrogens is 535 g/mol. The van der Waals surface area contributed by atoms with Crippen LogP contribution < -0.4 is 15.5 Å². The zero-order valence-electron chi connectivity index (χ0n) is 20.6. The van der Waals surface area contributed by atoms with Crippen molar-refractivity contribution in [3.8, 4) is 0 Å². The number of likely N-dealkylation sites (tertiary alicyclic amines) is 1. The van der Waals surface area contributed by atoms with Gasteiger partial charge in [0, 0.05) is 38.4 Å². The second-order valence-corrected chi connectivity index (χ2v) is 9.25. The molecule has 2 N–H and O–H groups in total. The molecule has 2 saturated heterocycles. The van der Waals surface area contributed by atoms with E-state index in [4.69, 9.17) is 4.99 Å². The molecule has 34 heavy (non-hydrogen) atoms. The number of hydrogen-bond acceptors (Lipinski definition) is 4. The number of aliphatic imine (C=N–C) groups is 1. The Labute approximate surface area is 222 Å². The highest BCUT2D eigenvalue weighted by molar-refractivity contribution is 14.0. The maximum atomic E-state index is 4.98. The van der Waals surface area contributed by atoms with Gasteiger partial charge in [0.15, 0.2) is 5.96 Å². The van der Waals surface area contributed by atoms with Gasteiger partial charge in [0.25, 0.3) is 0 Å². The molecule has 186 valence electrons. The van der Waals surface area contributed by atoms with Crippen molar-refractivity contribution in [2.75, 3.05) is 37.6 Å². The number of pyridine rings is 1. The van der Waals surface area contributed by atoms with Crippen molar-refractivity contribution in [2.45, 2.75) is 64.6 Å². The first kappa shape index (κ1) is 26.7. The number of anilines is 1. The van der Waals surface area contributed by atoms with Crippen LogP contribution in [0.4, 0.5) is 5.82 Å². The van der Waals surface area contributed by atoms with E-state index in [0.717, 1.165) is 50.8 Å². The average Bonchev–Trinajstić information content (AvgIpc) is 3.13. The molecular formula is C27H41IN6. The van der Waals surface area contributed by atoms with Crippen molar-refractivity contribution in [1.82, 2.24) is 20.5 Å². The fourth-order valence-electron chi connectivity index (χ4n) is 4.87. The van der Waals surface area contributed by atoms with E-state index < -0.39 is 0 Å². The number of nitrogens with zero attached hydrogens (tertiary/aromatic N) is 4. The van der Waals surface area contributed by atoms with Crippen LogP contribution in [0.3, 0.4) is 0 Å². The van der Waals surface area contributed by atoms with Gasteiger partial charge in [-0.2, -0.15) is 0 Å². The fraction of sp³-hybridized carbons (Fsp3) is 0.556. The van der Waals surface area contributed by atoms with E-state index in [0.29, 0.717) is 12.6 Å². The molecule has 6 nitrogen and oxygen atoms in total. The maximum Gasteiger partial charge on any atom is 0.191 e. The monoisotopic (exact) mass is 576 g/mol. The van der Waals surface area contributed by atoms with Gasteiger partial charge in [-0.3, -0.25) is 4.90 Å². The Morgan fingerprint density at radius 2 is 1.65 bits per heavy atom. The minimum Gasteiger partial charge on any atom is -0.357 e. The predicted octanol–water partition coefficient (Wildman–Crippen LogP) is 4.80. The molecule has 0 atom stereocenters. The van der Waals surface area contributed by atoms with Crippen LogP contribution in [0.1, 0.15) is 56.6 Å². The first-order valence-corrected chi connectivity index (χ1v) is 12.8. The Kier molecular flexibility index (Phi) is 11.4. The SMILES string of the molecule is CCNC(=NCc1ccccc1CN1CCCCCC1)NC1CCN(c2ccccn2)CC1.I. The quantitative estimate of drug-likeness (QED) is 0.282. The van der Waals surface area contributed by atoms with Crippen LogP contribution in [0.15, 0.2) is 53.7 Å². The molecule has 2 aromatic rings. The first-order valence-electron chi connectivity index (χ1n) is 12.8. The third-order valence-corrected chi connectivity index (χ3v) is 6.77. The Balaban J connectivity index is 0.00000324. The molecule has 0 amide bonds. The molecule has 0 aliphatic carbocycles. The highest BCUT2D eigenvalue weighted by atomic mass is 127. The molecule has 0 spiro atoms. The molecule has 4 rings (SSSR count). The predicted molar refractivity (Wildman–Crippen MR) is 153 cm³/mol. The van der Waals surface area contributed by atoms with Gasteiger partial charge in [-0.15, -0.1) is 24.0 Å². The summed E-state index contributed by atoms with van der Waals surface area (Å²) in [5, 5.41) is 7.14. The van der Waals surface area contributed by atoms with Crippen molar-refractivity contribution in [3.05, 3.63) is 59.8 Å². The normalized spacial score (nSPS) is 18.1. The van der Waals surface area contributed by atoms with E-state index in [2.05, 4.69) is 68.7 Å². The largest absolute Gasteiger partial charge is 0.357 e. The topological polar surface area (TPSA) is 55.8 Å². The second kappa shape index (κ2) is 14.5. The molecule has 0 saturated carbocycles. The summed E-state index contributed by atoms with van der Waals surface area (Å²) in [7, 11) is 0. The Bertz CT molecular complexity index is 858. The summed E-state index contributed by atoms with van der Waals surface area (Å²) in [6.07, 6.45) is 9.46. The summed E-state index contributed by atoms with van der Waals surface area (Å²) >= 11 is 0. The van der Waals surface area contributed by atoms with Crippen LogP contribution in [0.2, 0.25) is 0 Å². The molecule has 0 radical (unpaired) electrons. The highest BCUT2D eigenvalue weighted by Crippen LogP contribution is 2.18. The Morgan fingerprint density at radius 1 is 0.941 bits per heavy atom. The number of piperidine rings is 1. The summed E-state index contributed by atoms with van der Waals surface area (Å²) in [4.78, 5) is 14.5. The number of rotatable bonds is 7. The number of hydrogen-bond donors (Lipinski definition) is 2. The molecule has 1 aromatic heterocycles. The molecule has 1 aromatic carbocycles. The highest BCUT2D eigenvalue weighted by Gasteiger charge is 2.21. The van der Waals surface area contributed by atoms with Gasteiger partial charge >= 0.3 is 0 Å².